The first-order valence-corrected chi connectivity index (χ1v) is 6.77. The van der Waals surface area contributed by atoms with Crippen LogP contribution in [-0.2, 0) is 0 Å². The number of carbonyl (C=O) groups is 2. The summed E-state index contributed by atoms with van der Waals surface area (Å²) < 4.78 is 0. The second-order valence-corrected chi connectivity index (χ2v) is 4.66. The van der Waals surface area contributed by atoms with Crippen LogP contribution in [0.3, 0.4) is 0 Å². The molecular weight excluding hydrogens is 262 g/mol. The molecule has 3 heteroatoms. The van der Waals surface area contributed by atoms with Gasteiger partial charge in [-0.2, -0.15) is 0 Å². The van der Waals surface area contributed by atoms with Gasteiger partial charge < -0.3 is 5.32 Å². The molecule has 1 amide bonds. The van der Waals surface area contributed by atoms with Gasteiger partial charge in [-0.3, -0.25) is 9.59 Å². The second-order valence-electron chi connectivity index (χ2n) is 4.66. The molecule has 0 heterocycles. The molecule has 0 aliphatic carbocycles. The molecule has 2 aromatic carbocycles. The highest BCUT2D eigenvalue weighted by Crippen LogP contribution is 2.05. The number of benzene rings is 2. The van der Waals surface area contributed by atoms with Gasteiger partial charge in [-0.1, -0.05) is 54.6 Å². The normalized spacial score (nSPS) is 10.5. The quantitative estimate of drug-likeness (QED) is 0.853. The van der Waals surface area contributed by atoms with Gasteiger partial charge >= 0.3 is 0 Å². The maximum atomic E-state index is 11.9. The van der Waals surface area contributed by atoms with Crippen LogP contribution in [0.1, 0.15) is 33.2 Å². The lowest BCUT2D eigenvalue weighted by atomic mass is 10.1. The summed E-state index contributed by atoms with van der Waals surface area (Å²) in [6.45, 7) is 1.96. The van der Waals surface area contributed by atoms with E-state index in [1.54, 1.807) is 24.3 Å². The van der Waals surface area contributed by atoms with Crippen molar-refractivity contribution in [1.29, 1.82) is 0 Å². The smallest absolute Gasteiger partial charge is 0.251 e. The lowest BCUT2D eigenvalue weighted by molar-refractivity contribution is 0.0955. The Morgan fingerprint density at radius 3 is 2.19 bits per heavy atom. The van der Waals surface area contributed by atoms with Crippen LogP contribution in [0.2, 0.25) is 0 Å². The highest BCUT2D eigenvalue weighted by molar-refractivity contribution is 5.97. The van der Waals surface area contributed by atoms with Crippen molar-refractivity contribution in [2.75, 3.05) is 6.54 Å². The first-order chi connectivity index (χ1) is 10.2. The van der Waals surface area contributed by atoms with Crippen molar-refractivity contribution >= 4 is 17.8 Å². The Labute approximate surface area is 124 Å². The lowest BCUT2D eigenvalue weighted by Crippen LogP contribution is -2.23. The number of nitrogens with one attached hydrogen (secondary N) is 1. The van der Waals surface area contributed by atoms with Crippen molar-refractivity contribution in [3.8, 4) is 0 Å². The Morgan fingerprint density at radius 1 is 0.952 bits per heavy atom. The van der Waals surface area contributed by atoms with Crippen molar-refractivity contribution in [1.82, 2.24) is 5.32 Å². The Balaban J connectivity index is 1.87. The fourth-order valence-electron chi connectivity index (χ4n) is 1.87. The molecule has 0 atom stereocenters. The minimum atomic E-state index is -0.150. The van der Waals surface area contributed by atoms with Gasteiger partial charge in [-0.05, 0) is 24.6 Å². The molecular formula is C18H17NO2. The standard InChI is InChI=1S/C18H17NO2/c1-14(20)16-9-11-17(12-10-16)18(21)19-13-5-8-15-6-3-2-4-7-15/h2-12H,13H2,1H3,(H,19,21). The molecule has 2 rings (SSSR count). The van der Waals surface area contributed by atoms with Crippen molar-refractivity contribution in [2.45, 2.75) is 6.92 Å². The third-order valence-electron chi connectivity index (χ3n) is 3.04. The molecule has 0 spiro atoms. The van der Waals surface area contributed by atoms with Crippen LogP contribution in [0.5, 0.6) is 0 Å². The number of hydrogen-bond donors (Lipinski definition) is 1. The summed E-state index contributed by atoms with van der Waals surface area (Å²) in [6, 6.07) is 16.5. The molecule has 0 aromatic heterocycles. The molecule has 0 fully saturated rings. The number of rotatable bonds is 5. The van der Waals surface area contributed by atoms with Gasteiger partial charge in [0, 0.05) is 17.7 Å². The zero-order chi connectivity index (χ0) is 15.1. The van der Waals surface area contributed by atoms with Gasteiger partial charge in [0.25, 0.3) is 5.91 Å². The van der Waals surface area contributed by atoms with Crippen molar-refractivity contribution in [3.05, 3.63) is 77.4 Å². The molecule has 0 unspecified atom stereocenters. The number of amides is 1. The topological polar surface area (TPSA) is 46.2 Å². The third kappa shape index (κ3) is 4.42. The largest absolute Gasteiger partial charge is 0.349 e. The molecule has 0 saturated heterocycles. The fourth-order valence-corrected chi connectivity index (χ4v) is 1.87. The predicted octanol–water partition coefficient (Wildman–Crippen LogP) is 3.33. The van der Waals surface area contributed by atoms with Gasteiger partial charge in [0.15, 0.2) is 5.78 Å². The van der Waals surface area contributed by atoms with Crippen molar-refractivity contribution in [3.63, 3.8) is 0 Å². The molecule has 1 N–H and O–H groups in total. The average molecular weight is 279 g/mol. The Morgan fingerprint density at radius 2 is 1.57 bits per heavy atom. The van der Waals surface area contributed by atoms with Crippen LogP contribution >= 0.6 is 0 Å². The van der Waals surface area contributed by atoms with Crippen LogP contribution in [0.4, 0.5) is 0 Å². The van der Waals surface area contributed by atoms with Crippen LogP contribution in [-0.4, -0.2) is 18.2 Å². The summed E-state index contributed by atoms with van der Waals surface area (Å²) in [7, 11) is 0. The second kappa shape index (κ2) is 7.20. The van der Waals surface area contributed by atoms with Crippen LogP contribution < -0.4 is 5.32 Å². The fraction of sp³-hybridized carbons (Fsp3) is 0.111. The number of Topliss-reactive ketones (excluding diaryl/α,β-unsaturated/α-hetero) is 1. The van der Waals surface area contributed by atoms with E-state index in [0.717, 1.165) is 5.56 Å². The van der Waals surface area contributed by atoms with E-state index >= 15 is 0 Å². The summed E-state index contributed by atoms with van der Waals surface area (Å²) in [5.41, 5.74) is 2.25. The minimum absolute atomic E-state index is 0.00671. The van der Waals surface area contributed by atoms with Gasteiger partial charge in [0.2, 0.25) is 0 Å². The third-order valence-corrected chi connectivity index (χ3v) is 3.04. The van der Waals surface area contributed by atoms with E-state index in [-0.39, 0.29) is 11.7 Å². The number of ketones is 1. The first-order valence-electron chi connectivity index (χ1n) is 6.77. The molecule has 21 heavy (non-hydrogen) atoms. The van der Waals surface area contributed by atoms with Gasteiger partial charge in [-0.15, -0.1) is 0 Å². The summed E-state index contributed by atoms with van der Waals surface area (Å²) in [6.07, 6.45) is 3.86. The van der Waals surface area contributed by atoms with E-state index in [0.29, 0.717) is 17.7 Å². The zero-order valence-corrected chi connectivity index (χ0v) is 11.9. The Hall–Kier alpha value is -2.68. The zero-order valence-electron chi connectivity index (χ0n) is 11.9. The summed E-state index contributed by atoms with van der Waals surface area (Å²) >= 11 is 0. The highest BCUT2D eigenvalue weighted by atomic mass is 16.1. The van der Waals surface area contributed by atoms with E-state index in [1.807, 2.05) is 42.5 Å². The molecule has 0 aliphatic heterocycles. The number of carbonyl (C=O) groups excluding carboxylic acids is 2. The van der Waals surface area contributed by atoms with Crippen LogP contribution in [0, 0.1) is 0 Å². The van der Waals surface area contributed by atoms with E-state index < -0.39 is 0 Å². The average Bonchev–Trinajstić information content (AvgIpc) is 2.52. The van der Waals surface area contributed by atoms with Crippen LogP contribution in [0.25, 0.3) is 6.08 Å². The molecule has 0 radical (unpaired) electrons. The van der Waals surface area contributed by atoms with Gasteiger partial charge in [-0.25, -0.2) is 0 Å². The molecule has 3 nitrogen and oxygen atoms in total. The van der Waals surface area contributed by atoms with E-state index in [1.165, 1.54) is 6.92 Å². The molecule has 0 bridgehead atoms. The SMILES string of the molecule is CC(=O)c1ccc(C(=O)NCC=Cc2ccccc2)cc1. The molecule has 0 aliphatic rings. The highest BCUT2D eigenvalue weighted by Gasteiger charge is 2.05. The molecule has 106 valence electrons. The first kappa shape index (κ1) is 14.7. The monoisotopic (exact) mass is 279 g/mol. The van der Waals surface area contributed by atoms with Crippen LogP contribution in [0.15, 0.2) is 60.7 Å². The Bertz CT molecular complexity index is 643. The van der Waals surface area contributed by atoms with Crippen molar-refractivity contribution < 1.29 is 9.59 Å². The Kier molecular flexibility index (Phi) is 5.04. The van der Waals surface area contributed by atoms with E-state index in [4.69, 9.17) is 0 Å². The summed E-state index contributed by atoms with van der Waals surface area (Å²) in [5.74, 6) is -0.157. The summed E-state index contributed by atoms with van der Waals surface area (Å²) in [5, 5.41) is 2.81. The van der Waals surface area contributed by atoms with E-state index in [9.17, 15) is 9.59 Å². The van der Waals surface area contributed by atoms with E-state index in [2.05, 4.69) is 5.32 Å². The minimum Gasteiger partial charge on any atom is -0.349 e. The molecule has 2 aromatic rings. The number of hydrogen-bond acceptors (Lipinski definition) is 2. The van der Waals surface area contributed by atoms with Gasteiger partial charge in [0.05, 0.1) is 0 Å². The van der Waals surface area contributed by atoms with Crippen molar-refractivity contribution in [2.24, 2.45) is 0 Å². The maximum Gasteiger partial charge on any atom is 0.251 e. The predicted molar refractivity (Wildman–Crippen MR) is 84.3 cm³/mol. The maximum absolute atomic E-state index is 11.9. The van der Waals surface area contributed by atoms with Gasteiger partial charge in [0.1, 0.15) is 0 Å². The summed E-state index contributed by atoms with van der Waals surface area (Å²) in [4.78, 5) is 23.1. The molecule has 0 saturated carbocycles. The lowest BCUT2D eigenvalue weighted by Gasteiger charge is -2.03.